The highest BCUT2D eigenvalue weighted by Crippen LogP contribution is 2.54. The Morgan fingerprint density at radius 3 is 2.44 bits per heavy atom. The molecule has 0 saturated carbocycles. The second-order valence-corrected chi connectivity index (χ2v) is 13.1. The molecule has 0 aromatic heterocycles. The Kier molecular flexibility index (Phi) is 3.10. The zero-order chi connectivity index (χ0) is 13.8. The summed E-state index contributed by atoms with van der Waals surface area (Å²) in [6.45, 7) is 13.6. The summed E-state index contributed by atoms with van der Waals surface area (Å²) in [7, 11) is -1.36. The van der Waals surface area contributed by atoms with Gasteiger partial charge < -0.3 is 14.6 Å². The maximum atomic E-state index is 11.3. The summed E-state index contributed by atoms with van der Waals surface area (Å²) in [5, 5.41) is 11.3. The van der Waals surface area contributed by atoms with Gasteiger partial charge in [-0.1, -0.05) is 40.4 Å². The Balaban J connectivity index is 2.39. The molecule has 2 aliphatic rings. The Morgan fingerprint density at radius 1 is 1.28 bits per heavy atom. The quantitative estimate of drug-likeness (QED) is 0.782. The Hall–Kier alpha value is -0.483. The van der Waals surface area contributed by atoms with E-state index in [9.17, 15) is 5.11 Å². The van der Waals surface area contributed by atoms with Crippen molar-refractivity contribution in [1.29, 1.82) is 0 Å². The van der Waals surface area contributed by atoms with Gasteiger partial charge in [0.1, 0.15) is 11.5 Å². The van der Waals surface area contributed by atoms with Crippen molar-refractivity contribution in [2.24, 2.45) is 11.3 Å². The molecule has 0 saturated heterocycles. The third kappa shape index (κ3) is 2.09. The van der Waals surface area contributed by atoms with E-state index in [1.54, 1.807) is 0 Å². The van der Waals surface area contributed by atoms with Crippen molar-refractivity contribution in [3.8, 4) is 0 Å². The molecule has 18 heavy (non-hydrogen) atoms. The fourth-order valence-electron chi connectivity index (χ4n) is 3.38. The molecular formula is C14H26O3Si. The van der Waals surface area contributed by atoms with E-state index in [1.807, 2.05) is 0 Å². The molecule has 0 spiro atoms. The number of rotatable bonds is 2. The zero-order valence-corrected chi connectivity index (χ0v) is 13.5. The average molecular weight is 270 g/mol. The lowest BCUT2D eigenvalue weighted by atomic mass is 9.63. The molecule has 2 rings (SSSR count). The first-order valence-corrected chi connectivity index (χ1v) is 10.5. The Morgan fingerprint density at radius 2 is 1.89 bits per heavy atom. The monoisotopic (exact) mass is 270 g/mol. The molecule has 2 unspecified atom stereocenters. The summed E-state index contributed by atoms with van der Waals surface area (Å²) in [5.74, 6) is 1.85. The lowest BCUT2D eigenvalue weighted by molar-refractivity contribution is -0.102. The van der Waals surface area contributed by atoms with Gasteiger partial charge in [-0.2, -0.15) is 0 Å². The first-order valence-electron chi connectivity index (χ1n) is 6.78. The molecule has 0 radical (unpaired) electrons. The molecule has 0 fully saturated rings. The summed E-state index contributed by atoms with van der Waals surface area (Å²) >= 11 is 0. The second kappa shape index (κ2) is 4.00. The van der Waals surface area contributed by atoms with E-state index in [0.717, 1.165) is 24.0 Å². The highest BCUT2D eigenvalue weighted by Gasteiger charge is 2.56. The first-order chi connectivity index (χ1) is 8.07. The summed E-state index contributed by atoms with van der Waals surface area (Å²) in [5.41, 5.74) is -0.858. The van der Waals surface area contributed by atoms with Crippen LogP contribution in [0.3, 0.4) is 0 Å². The van der Waals surface area contributed by atoms with Crippen LogP contribution < -0.4 is 0 Å². The fourth-order valence-corrected chi connectivity index (χ4v) is 5.78. The standard InChI is InChI=1S/C14H26O3Si/c1-10-12-11(16-9-17-12)7-13(2,3)14(10,15)8-18(4,5)6/h10,15H,7-9H2,1-6H3. The van der Waals surface area contributed by atoms with Crippen molar-refractivity contribution in [1.82, 2.24) is 0 Å². The van der Waals surface area contributed by atoms with Crippen LogP contribution in [0.4, 0.5) is 0 Å². The summed E-state index contributed by atoms with van der Waals surface area (Å²) in [6, 6.07) is 0.897. The van der Waals surface area contributed by atoms with Crippen LogP contribution in [-0.2, 0) is 9.47 Å². The van der Waals surface area contributed by atoms with Gasteiger partial charge in [0, 0.05) is 25.8 Å². The lowest BCUT2D eigenvalue weighted by Gasteiger charge is -2.51. The molecular weight excluding hydrogens is 244 g/mol. The number of ether oxygens (including phenoxy) is 2. The topological polar surface area (TPSA) is 38.7 Å². The van der Waals surface area contributed by atoms with Crippen LogP contribution in [0.1, 0.15) is 27.2 Å². The minimum atomic E-state index is -1.36. The highest BCUT2D eigenvalue weighted by molar-refractivity contribution is 6.76. The van der Waals surface area contributed by atoms with Crippen LogP contribution >= 0.6 is 0 Å². The van der Waals surface area contributed by atoms with E-state index < -0.39 is 13.7 Å². The molecule has 1 heterocycles. The van der Waals surface area contributed by atoms with Gasteiger partial charge in [0.05, 0.1) is 5.60 Å². The highest BCUT2D eigenvalue weighted by atomic mass is 28.3. The predicted molar refractivity (Wildman–Crippen MR) is 74.7 cm³/mol. The minimum absolute atomic E-state index is 0.0190. The van der Waals surface area contributed by atoms with Crippen molar-refractivity contribution in [2.45, 2.75) is 58.5 Å². The predicted octanol–water partition coefficient (Wildman–Crippen LogP) is 3.34. The van der Waals surface area contributed by atoms with E-state index >= 15 is 0 Å². The van der Waals surface area contributed by atoms with Gasteiger partial charge in [0.2, 0.25) is 6.79 Å². The van der Waals surface area contributed by atoms with Gasteiger partial charge >= 0.3 is 0 Å². The average Bonchev–Trinajstić information content (AvgIpc) is 2.59. The second-order valence-electron chi connectivity index (χ2n) is 7.64. The van der Waals surface area contributed by atoms with Crippen LogP contribution in [0.5, 0.6) is 0 Å². The smallest absolute Gasteiger partial charge is 0.230 e. The van der Waals surface area contributed by atoms with E-state index in [-0.39, 0.29) is 11.3 Å². The van der Waals surface area contributed by atoms with Crippen molar-refractivity contribution >= 4 is 8.07 Å². The Labute approximate surface area is 111 Å². The molecule has 2 atom stereocenters. The van der Waals surface area contributed by atoms with Gasteiger partial charge in [-0.15, -0.1) is 0 Å². The fraction of sp³-hybridized carbons (Fsp3) is 0.857. The molecule has 0 amide bonds. The van der Waals surface area contributed by atoms with Gasteiger partial charge in [-0.3, -0.25) is 0 Å². The molecule has 3 nitrogen and oxygen atoms in total. The van der Waals surface area contributed by atoms with Crippen molar-refractivity contribution in [3.63, 3.8) is 0 Å². The minimum Gasteiger partial charge on any atom is -0.458 e. The van der Waals surface area contributed by atoms with E-state index in [4.69, 9.17) is 9.47 Å². The molecule has 0 bridgehead atoms. The van der Waals surface area contributed by atoms with Crippen LogP contribution in [0.15, 0.2) is 11.5 Å². The van der Waals surface area contributed by atoms with Gasteiger partial charge in [0.15, 0.2) is 0 Å². The molecule has 104 valence electrons. The first kappa shape index (κ1) is 13.9. The SMILES string of the molecule is CC1C2=C(CC(C)(C)C1(O)C[Si](C)(C)C)OCO2. The van der Waals surface area contributed by atoms with E-state index in [2.05, 4.69) is 40.4 Å². The normalized spacial score (nSPS) is 34.9. The molecule has 0 aromatic carbocycles. The maximum Gasteiger partial charge on any atom is 0.230 e. The summed E-state index contributed by atoms with van der Waals surface area (Å²) < 4.78 is 11.1. The van der Waals surface area contributed by atoms with Gasteiger partial charge in [0.25, 0.3) is 0 Å². The van der Waals surface area contributed by atoms with Crippen molar-refractivity contribution in [2.75, 3.05) is 6.79 Å². The third-order valence-corrected chi connectivity index (χ3v) is 6.01. The largest absolute Gasteiger partial charge is 0.458 e. The lowest BCUT2D eigenvalue weighted by Crippen LogP contribution is -2.56. The van der Waals surface area contributed by atoms with Gasteiger partial charge in [-0.25, -0.2) is 0 Å². The number of aliphatic hydroxyl groups is 1. The molecule has 1 aliphatic carbocycles. The summed E-state index contributed by atoms with van der Waals surface area (Å²) in [4.78, 5) is 0. The molecule has 4 heteroatoms. The molecule has 1 aliphatic heterocycles. The number of allylic oxidation sites excluding steroid dienone is 1. The maximum absolute atomic E-state index is 11.3. The third-order valence-electron chi connectivity index (χ3n) is 4.41. The molecule has 0 aromatic rings. The van der Waals surface area contributed by atoms with Crippen LogP contribution in [0.25, 0.3) is 0 Å². The van der Waals surface area contributed by atoms with E-state index in [1.165, 1.54) is 0 Å². The van der Waals surface area contributed by atoms with Crippen LogP contribution in [-0.4, -0.2) is 25.6 Å². The van der Waals surface area contributed by atoms with E-state index in [0.29, 0.717) is 6.79 Å². The Bertz CT molecular complexity index is 381. The van der Waals surface area contributed by atoms with Crippen LogP contribution in [0, 0.1) is 11.3 Å². The summed E-state index contributed by atoms with van der Waals surface area (Å²) in [6.07, 6.45) is 0.771. The van der Waals surface area contributed by atoms with Crippen molar-refractivity contribution < 1.29 is 14.6 Å². The van der Waals surface area contributed by atoms with Gasteiger partial charge in [-0.05, 0) is 6.04 Å². The van der Waals surface area contributed by atoms with Crippen LogP contribution in [0.2, 0.25) is 25.7 Å². The molecule has 1 N–H and O–H groups in total. The van der Waals surface area contributed by atoms with Crippen molar-refractivity contribution in [3.05, 3.63) is 11.5 Å². The number of hydrogen-bond donors (Lipinski definition) is 1. The number of hydrogen-bond acceptors (Lipinski definition) is 3. The zero-order valence-electron chi connectivity index (χ0n) is 12.5.